The Balaban J connectivity index is 2.25. The second kappa shape index (κ2) is 3.52. The smallest absolute Gasteiger partial charge is 0.274 e. The van der Waals surface area contributed by atoms with Gasteiger partial charge in [0.1, 0.15) is 0 Å². The molecule has 0 saturated carbocycles. The summed E-state index contributed by atoms with van der Waals surface area (Å²) in [4.78, 5) is 22.8. The second-order valence-corrected chi connectivity index (χ2v) is 4.48. The maximum absolute atomic E-state index is 12.1. The number of nitrogens with zero attached hydrogens (tertiary/aromatic N) is 3. The number of likely N-dealkylation sites (N-methyl/N-ethyl adjacent to an activating group) is 1. The van der Waals surface area contributed by atoms with Gasteiger partial charge in [0.25, 0.3) is 5.91 Å². The number of carbonyl (C=O) groups excluding carboxylic acids is 1. The van der Waals surface area contributed by atoms with Crippen molar-refractivity contribution >= 4 is 16.9 Å². The van der Waals surface area contributed by atoms with Gasteiger partial charge in [0.2, 0.25) is 0 Å². The molecule has 0 radical (unpaired) electrons. The molecular weight excluding hydrogens is 214 g/mol. The fourth-order valence-corrected chi connectivity index (χ4v) is 2.13. The average Bonchev–Trinajstić information content (AvgIpc) is 2.34. The Bertz CT molecular complexity index is 609. The van der Waals surface area contributed by atoms with Gasteiger partial charge in [0.15, 0.2) is 5.69 Å². The summed E-state index contributed by atoms with van der Waals surface area (Å²) in [7, 11) is 1.81. The van der Waals surface area contributed by atoms with Crippen LogP contribution in [0.3, 0.4) is 0 Å². The molecule has 0 saturated heterocycles. The molecule has 1 amide bonds. The molecule has 0 fully saturated rings. The zero-order valence-corrected chi connectivity index (χ0v) is 9.84. The number of amides is 1. The summed E-state index contributed by atoms with van der Waals surface area (Å²) in [5.74, 6) is -0.0306. The van der Waals surface area contributed by atoms with Crippen LogP contribution in [0, 0.1) is 0 Å². The molecule has 2 heterocycles. The van der Waals surface area contributed by atoms with E-state index >= 15 is 0 Å². The summed E-state index contributed by atoms with van der Waals surface area (Å²) in [6.07, 6.45) is 0.773. The monoisotopic (exact) mass is 227 g/mol. The summed E-state index contributed by atoms with van der Waals surface area (Å²) < 4.78 is 0. The van der Waals surface area contributed by atoms with E-state index in [1.807, 2.05) is 38.2 Å². The highest BCUT2D eigenvalue weighted by atomic mass is 16.2. The quantitative estimate of drug-likeness (QED) is 0.687. The number of benzene rings is 1. The summed E-state index contributed by atoms with van der Waals surface area (Å²) >= 11 is 0. The lowest BCUT2D eigenvalue weighted by Crippen LogP contribution is -2.42. The third-order valence-electron chi connectivity index (χ3n) is 3.32. The Morgan fingerprint density at radius 1 is 1.24 bits per heavy atom. The van der Waals surface area contributed by atoms with Crippen molar-refractivity contribution in [2.45, 2.75) is 19.4 Å². The summed E-state index contributed by atoms with van der Waals surface area (Å²) in [6, 6.07) is 7.84. The van der Waals surface area contributed by atoms with E-state index in [-0.39, 0.29) is 11.9 Å². The van der Waals surface area contributed by atoms with Crippen LogP contribution in [-0.2, 0) is 6.42 Å². The molecule has 2 aromatic rings. The van der Waals surface area contributed by atoms with E-state index in [2.05, 4.69) is 9.97 Å². The number of carbonyl (C=O) groups is 1. The highest BCUT2D eigenvalue weighted by Crippen LogP contribution is 2.21. The van der Waals surface area contributed by atoms with E-state index in [1.54, 1.807) is 4.90 Å². The lowest BCUT2D eigenvalue weighted by atomic mass is 10.0. The molecule has 1 aromatic carbocycles. The molecule has 0 aliphatic carbocycles. The van der Waals surface area contributed by atoms with Crippen molar-refractivity contribution in [2.24, 2.45) is 0 Å². The fourth-order valence-electron chi connectivity index (χ4n) is 2.13. The Morgan fingerprint density at radius 3 is 2.59 bits per heavy atom. The molecule has 1 aliphatic heterocycles. The van der Waals surface area contributed by atoms with E-state index in [9.17, 15) is 4.79 Å². The number of fused-ring (bicyclic) bond motifs is 2. The maximum atomic E-state index is 12.1. The van der Waals surface area contributed by atoms with Gasteiger partial charge in [-0.05, 0) is 19.1 Å². The van der Waals surface area contributed by atoms with Gasteiger partial charge in [-0.15, -0.1) is 0 Å². The first-order chi connectivity index (χ1) is 8.16. The Hall–Kier alpha value is -1.97. The molecule has 0 N–H and O–H groups in total. The van der Waals surface area contributed by atoms with Crippen molar-refractivity contribution < 1.29 is 4.79 Å². The molecule has 1 aromatic heterocycles. The van der Waals surface area contributed by atoms with Crippen LogP contribution < -0.4 is 0 Å². The molecule has 17 heavy (non-hydrogen) atoms. The van der Waals surface area contributed by atoms with E-state index < -0.39 is 0 Å². The maximum Gasteiger partial charge on any atom is 0.274 e. The molecule has 4 heteroatoms. The normalized spacial score (nSPS) is 19.5. The molecule has 3 rings (SSSR count). The van der Waals surface area contributed by atoms with E-state index in [0.29, 0.717) is 5.69 Å². The Kier molecular flexibility index (Phi) is 2.11. The van der Waals surface area contributed by atoms with Crippen molar-refractivity contribution in [3.8, 4) is 0 Å². The Labute approximate surface area is 99.3 Å². The van der Waals surface area contributed by atoms with Gasteiger partial charge in [-0.1, -0.05) is 12.1 Å². The third kappa shape index (κ3) is 1.48. The minimum absolute atomic E-state index is 0.0306. The highest BCUT2D eigenvalue weighted by Gasteiger charge is 2.29. The van der Waals surface area contributed by atoms with Gasteiger partial charge in [0, 0.05) is 19.5 Å². The van der Waals surface area contributed by atoms with Crippen LogP contribution in [0.15, 0.2) is 24.3 Å². The molecular formula is C13H13N3O. The standard InChI is InChI=1S/C13H13N3O/c1-8-7-11-12(13(17)16(8)2)15-10-6-4-3-5-9(10)14-11/h3-6,8H,7H2,1-2H3. The zero-order valence-electron chi connectivity index (χ0n) is 9.84. The van der Waals surface area contributed by atoms with Crippen LogP contribution in [-0.4, -0.2) is 33.9 Å². The lowest BCUT2D eigenvalue weighted by Gasteiger charge is -2.30. The number of hydrogen-bond acceptors (Lipinski definition) is 3. The predicted octanol–water partition coefficient (Wildman–Crippen LogP) is 1.65. The van der Waals surface area contributed by atoms with Crippen molar-refractivity contribution in [3.63, 3.8) is 0 Å². The first kappa shape index (κ1) is 10.2. The van der Waals surface area contributed by atoms with Crippen molar-refractivity contribution in [1.29, 1.82) is 0 Å². The van der Waals surface area contributed by atoms with Gasteiger partial charge in [-0.2, -0.15) is 0 Å². The minimum atomic E-state index is -0.0306. The lowest BCUT2D eigenvalue weighted by molar-refractivity contribution is 0.0712. The largest absolute Gasteiger partial charge is 0.337 e. The molecule has 1 unspecified atom stereocenters. The number of para-hydroxylation sites is 2. The minimum Gasteiger partial charge on any atom is -0.337 e. The van der Waals surface area contributed by atoms with Crippen molar-refractivity contribution in [2.75, 3.05) is 7.05 Å². The topological polar surface area (TPSA) is 46.1 Å². The molecule has 1 atom stereocenters. The first-order valence-corrected chi connectivity index (χ1v) is 5.69. The summed E-state index contributed by atoms with van der Waals surface area (Å²) in [5, 5.41) is 0. The van der Waals surface area contributed by atoms with Gasteiger partial charge >= 0.3 is 0 Å². The van der Waals surface area contributed by atoms with Crippen molar-refractivity contribution in [1.82, 2.24) is 14.9 Å². The van der Waals surface area contributed by atoms with Crippen LogP contribution in [0.5, 0.6) is 0 Å². The van der Waals surface area contributed by atoms with Gasteiger partial charge in [-0.3, -0.25) is 4.79 Å². The van der Waals surface area contributed by atoms with Crippen LogP contribution in [0.2, 0.25) is 0 Å². The molecule has 0 spiro atoms. The van der Waals surface area contributed by atoms with Crippen molar-refractivity contribution in [3.05, 3.63) is 35.7 Å². The number of aromatic nitrogens is 2. The van der Waals surface area contributed by atoms with E-state index in [4.69, 9.17) is 0 Å². The first-order valence-electron chi connectivity index (χ1n) is 5.69. The molecule has 0 bridgehead atoms. The van der Waals surface area contributed by atoms with Gasteiger partial charge < -0.3 is 4.90 Å². The summed E-state index contributed by atoms with van der Waals surface area (Å²) in [6.45, 7) is 2.03. The predicted molar refractivity (Wildman–Crippen MR) is 64.8 cm³/mol. The number of hydrogen-bond donors (Lipinski definition) is 0. The van der Waals surface area contributed by atoms with Gasteiger partial charge in [-0.25, -0.2) is 9.97 Å². The second-order valence-electron chi connectivity index (χ2n) is 4.48. The third-order valence-corrected chi connectivity index (χ3v) is 3.32. The zero-order chi connectivity index (χ0) is 12.0. The fraction of sp³-hybridized carbons (Fsp3) is 0.308. The number of rotatable bonds is 0. The van der Waals surface area contributed by atoms with E-state index in [0.717, 1.165) is 23.1 Å². The van der Waals surface area contributed by atoms with Crippen LogP contribution in [0.4, 0.5) is 0 Å². The molecule has 86 valence electrons. The van der Waals surface area contributed by atoms with Gasteiger partial charge in [0.05, 0.1) is 16.7 Å². The van der Waals surface area contributed by atoms with Crippen LogP contribution in [0.25, 0.3) is 11.0 Å². The van der Waals surface area contributed by atoms with Crippen LogP contribution >= 0.6 is 0 Å². The highest BCUT2D eigenvalue weighted by molar-refractivity contribution is 5.96. The van der Waals surface area contributed by atoms with E-state index in [1.165, 1.54) is 0 Å². The molecule has 4 nitrogen and oxygen atoms in total. The summed E-state index contributed by atoms with van der Waals surface area (Å²) in [5.41, 5.74) is 2.96. The Morgan fingerprint density at radius 2 is 1.88 bits per heavy atom. The van der Waals surface area contributed by atoms with Crippen LogP contribution in [0.1, 0.15) is 23.1 Å². The molecule has 1 aliphatic rings. The SMILES string of the molecule is CC1Cc2nc3ccccc3nc2C(=O)N1C. The average molecular weight is 227 g/mol.